The zero-order valence-corrected chi connectivity index (χ0v) is 9.51. The van der Waals surface area contributed by atoms with Crippen molar-refractivity contribution in [2.45, 2.75) is 0 Å². The topological polar surface area (TPSA) is 77.2 Å². The predicted octanol–water partition coefficient (Wildman–Crippen LogP) is 1.66. The molecule has 1 amide bonds. The second kappa shape index (κ2) is 4.03. The van der Waals surface area contributed by atoms with E-state index in [-0.39, 0.29) is 12.5 Å². The molecule has 3 rings (SSSR count). The van der Waals surface area contributed by atoms with Gasteiger partial charge in [0.2, 0.25) is 0 Å². The lowest BCUT2D eigenvalue weighted by Gasteiger charge is -2.17. The van der Waals surface area contributed by atoms with Crippen LogP contribution >= 0.6 is 0 Å². The molecular formula is C13H11N3O2. The summed E-state index contributed by atoms with van der Waals surface area (Å²) in [4.78, 5) is 15.3. The molecule has 2 heterocycles. The third kappa shape index (κ3) is 1.86. The minimum Gasteiger partial charge on any atom is -0.480 e. The summed E-state index contributed by atoms with van der Waals surface area (Å²) in [6.07, 6.45) is 1.69. The van der Waals surface area contributed by atoms with Crippen LogP contribution in [0.1, 0.15) is 0 Å². The number of carbonyl (C=O) groups excluding carboxylic acids is 1. The summed E-state index contributed by atoms with van der Waals surface area (Å²) in [5.74, 6) is 0.865. The van der Waals surface area contributed by atoms with Gasteiger partial charge in [0.05, 0.1) is 0 Å². The number of rotatable bonds is 1. The van der Waals surface area contributed by atoms with Crippen LogP contribution < -0.4 is 15.8 Å². The molecule has 0 spiro atoms. The first kappa shape index (κ1) is 10.6. The van der Waals surface area contributed by atoms with Gasteiger partial charge >= 0.3 is 0 Å². The van der Waals surface area contributed by atoms with Crippen molar-refractivity contribution < 1.29 is 9.53 Å². The van der Waals surface area contributed by atoms with Crippen LogP contribution in [0.25, 0.3) is 11.1 Å². The molecule has 1 aromatic heterocycles. The summed E-state index contributed by atoms with van der Waals surface area (Å²) in [5.41, 5.74) is 8.28. The van der Waals surface area contributed by atoms with Crippen molar-refractivity contribution in [2.24, 2.45) is 0 Å². The highest BCUT2D eigenvalue weighted by atomic mass is 16.5. The normalized spacial score (nSPS) is 13.4. The lowest BCUT2D eigenvalue weighted by Crippen LogP contribution is -2.26. The Labute approximate surface area is 104 Å². The van der Waals surface area contributed by atoms with Crippen LogP contribution in [0.15, 0.2) is 36.5 Å². The Hall–Kier alpha value is -2.56. The Morgan fingerprint density at radius 2 is 2.00 bits per heavy atom. The highest BCUT2D eigenvalue weighted by molar-refractivity contribution is 5.94. The molecule has 0 atom stereocenters. The van der Waals surface area contributed by atoms with E-state index < -0.39 is 0 Å². The maximum Gasteiger partial charge on any atom is 0.263 e. The smallest absolute Gasteiger partial charge is 0.263 e. The number of aromatic nitrogens is 1. The van der Waals surface area contributed by atoms with E-state index in [1.54, 1.807) is 6.20 Å². The molecule has 90 valence electrons. The highest BCUT2D eigenvalue weighted by Crippen LogP contribution is 2.30. The second-order valence-electron chi connectivity index (χ2n) is 4.03. The molecule has 0 saturated heterocycles. The number of anilines is 2. The van der Waals surface area contributed by atoms with E-state index >= 15 is 0 Å². The van der Waals surface area contributed by atoms with E-state index in [0.717, 1.165) is 11.1 Å². The number of nitrogen functional groups attached to an aromatic ring is 1. The van der Waals surface area contributed by atoms with Gasteiger partial charge in [0, 0.05) is 17.4 Å². The van der Waals surface area contributed by atoms with Crippen molar-refractivity contribution in [1.82, 2.24) is 4.98 Å². The molecule has 1 aliphatic heterocycles. The third-order valence-corrected chi connectivity index (χ3v) is 2.71. The van der Waals surface area contributed by atoms with E-state index in [1.807, 2.05) is 30.3 Å². The van der Waals surface area contributed by atoms with Crippen LogP contribution in [0, 0.1) is 0 Å². The summed E-state index contributed by atoms with van der Waals surface area (Å²) in [5, 5.41) is 2.65. The first-order chi connectivity index (χ1) is 8.72. The van der Waals surface area contributed by atoms with Gasteiger partial charge in [-0.3, -0.25) is 4.79 Å². The molecule has 0 radical (unpaired) electrons. The Balaban J connectivity index is 1.99. The van der Waals surface area contributed by atoms with E-state index in [4.69, 9.17) is 10.5 Å². The maximum absolute atomic E-state index is 11.1. The monoisotopic (exact) mass is 241 g/mol. The fourth-order valence-electron chi connectivity index (χ4n) is 1.79. The quantitative estimate of drug-likeness (QED) is 0.744. The number of benzene rings is 1. The highest BCUT2D eigenvalue weighted by Gasteiger charge is 2.17. The summed E-state index contributed by atoms with van der Waals surface area (Å²) >= 11 is 0. The molecule has 2 aromatic rings. The van der Waals surface area contributed by atoms with E-state index in [0.29, 0.717) is 17.3 Å². The van der Waals surface area contributed by atoms with E-state index in [9.17, 15) is 4.79 Å². The number of hydrogen-bond donors (Lipinski definition) is 2. The molecule has 18 heavy (non-hydrogen) atoms. The molecule has 0 unspecified atom stereocenters. The van der Waals surface area contributed by atoms with Crippen LogP contribution in [0.3, 0.4) is 0 Å². The number of carbonyl (C=O) groups is 1. The molecule has 0 bridgehead atoms. The first-order valence-corrected chi connectivity index (χ1v) is 5.51. The van der Waals surface area contributed by atoms with Gasteiger partial charge in [0.25, 0.3) is 5.91 Å². The van der Waals surface area contributed by atoms with Crippen LogP contribution in [0.2, 0.25) is 0 Å². The van der Waals surface area contributed by atoms with Crippen molar-refractivity contribution in [2.75, 3.05) is 17.7 Å². The molecule has 3 N–H and O–H groups in total. The fraction of sp³-hybridized carbons (Fsp3) is 0.0769. The average Bonchev–Trinajstić information content (AvgIpc) is 2.39. The number of hydrogen-bond acceptors (Lipinski definition) is 4. The number of pyridine rings is 1. The number of fused-ring (bicyclic) bond motifs is 1. The predicted molar refractivity (Wildman–Crippen MR) is 68.2 cm³/mol. The van der Waals surface area contributed by atoms with Crippen molar-refractivity contribution >= 4 is 17.4 Å². The lowest BCUT2D eigenvalue weighted by molar-refractivity contribution is -0.118. The largest absolute Gasteiger partial charge is 0.480 e. The molecule has 0 saturated carbocycles. The molecular weight excluding hydrogens is 230 g/mol. The zero-order chi connectivity index (χ0) is 12.5. The summed E-state index contributed by atoms with van der Waals surface area (Å²) in [7, 11) is 0. The van der Waals surface area contributed by atoms with Crippen molar-refractivity contribution in [3.8, 4) is 16.9 Å². The molecule has 0 fully saturated rings. The van der Waals surface area contributed by atoms with Gasteiger partial charge in [-0.2, -0.15) is 0 Å². The molecule has 1 aromatic carbocycles. The second-order valence-corrected chi connectivity index (χ2v) is 4.03. The number of nitrogens with one attached hydrogen (secondary N) is 1. The van der Waals surface area contributed by atoms with E-state index in [2.05, 4.69) is 10.3 Å². The average molecular weight is 241 g/mol. The van der Waals surface area contributed by atoms with Crippen LogP contribution in [-0.2, 0) is 4.79 Å². The summed E-state index contributed by atoms with van der Waals surface area (Å²) < 4.78 is 5.32. The molecule has 0 aliphatic carbocycles. The molecule has 5 nitrogen and oxygen atoms in total. The van der Waals surface area contributed by atoms with Crippen LogP contribution in [-0.4, -0.2) is 17.5 Å². The number of ether oxygens (including phenoxy) is 1. The Morgan fingerprint density at radius 3 is 2.78 bits per heavy atom. The first-order valence-electron chi connectivity index (χ1n) is 5.51. The Morgan fingerprint density at radius 1 is 1.22 bits per heavy atom. The minimum absolute atomic E-state index is 0.0276. The Kier molecular flexibility index (Phi) is 2.37. The molecule has 5 heteroatoms. The summed E-state index contributed by atoms with van der Waals surface area (Å²) in [6.45, 7) is 0.0276. The Bertz CT molecular complexity index is 608. The SMILES string of the molecule is Nc1ccc(-c2cnc3c(c2)OCC(=O)N3)cc1. The summed E-state index contributed by atoms with van der Waals surface area (Å²) in [6, 6.07) is 9.35. The van der Waals surface area contributed by atoms with Crippen LogP contribution in [0.4, 0.5) is 11.5 Å². The van der Waals surface area contributed by atoms with Gasteiger partial charge in [-0.25, -0.2) is 4.98 Å². The fourth-order valence-corrected chi connectivity index (χ4v) is 1.79. The standard InChI is InChI=1S/C13H11N3O2/c14-10-3-1-8(2-4-10)9-5-11-13(15-6-9)16-12(17)7-18-11/h1-6H,7,14H2,(H,15,16,17). The van der Waals surface area contributed by atoms with Crippen molar-refractivity contribution in [3.63, 3.8) is 0 Å². The van der Waals surface area contributed by atoms with E-state index in [1.165, 1.54) is 0 Å². The van der Waals surface area contributed by atoms with Gasteiger partial charge < -0.3 is 15.8 Å². The number of amides is 1. The minimum atomic E-state index is -0.185. The van der Waals surface area contributed by atoms with Gasteiger partial charge in [-0.15, -0.1) is 0 Å². The van der Waals surface area contributed by atoms with Crippen molar-refractivity contribution in [1.29, 1.82) is 0 Å². The number of nitrogens with zero attached hydrogens (tertiary/aromatic N) is 1. The molecule has 1 aliphatic rings. The van der Waals surface area contributed by atoms with Crippen LogP contribution in [0.5, 0.6) is 5.75 Å². The lowest BCUT2D eigenvalue weighted by atomic mass is 10.1. The van der Waals surface area contributed by atoms with Gasteiger partial charge in [0.15, 0.2) is 18.2 Å². The van der Waals surface area contributed by atoms with Gasteiger partial charge in [0.1, 0.15) is 0 Å². The number of nitrogens with two attached hydrogens (primary N) is 1. The van der Waals surface area contributed by atoms with Gasteiger partial charge in [-0.1, -0.05) is 12.1 Å². The van der Waals surface area contributed by atoms with Crippen molar-refractivity contribution in [3.05, 3.63) is 36.5 Å². The third-order valence-electron chi connectivity index (χ3n) is 2.71. The maximum atomic E-state index is 11.1. The zero-order valence-electron chi connectivity index (χ0n) is 9.51. The van der Waals surface area contributed by atoms with Gasteiger partial charge in [-0.05, 0) is 23.8 Å².